The van der Waals surface area contributed by atoms with Gasteiger partial charge in [-0.25, -0.2) is 14.2 Å². The molecule has 0 radical (unpaired) electrons. The molecule has 140 valence electrons. The van der Waals surface area contributed by atoms with E-state index < -0.39 is 5.97 Å². The monoisotopic (exact) mass is 395 g/mol. The van der Waals surface area contributed by atoms with Crippen molar-refractivity contribution >= 4 is 17.3 Å². The summed E-state index contributed by atoms with van der Waals surface area (Å²) in [5, 5.41) is 6.12. The molecule has 0 aliphatic heterocycles. The van der Waals surface area contributed by atoms with Crippen LogP contribution in [0.25, 0.3) is 22.0 Å². The van der Waals surface area contributed by atoms with E-state index in [0.717, 1.165) is 16.7 Å². The summed E-state index contributed by atoms with van der Waals surface area (Å²) in [6.45, 7) is 1.80. The fraction of sp³-hybridized carbons (Fsp3) is 0.100. The van der Waals surface area contributed by atoms with Crippen LogP contribution in [0.5, 0.6) is 0 Å². The van der Waals surface area contributed by atoms with E-state index in [9.17, 15) is 9.18 Å². The van der Waals surface area contributed by atoms with Gasteiger partial charge in [-0.3, -0.25) is 0 Å². The quantitative estimate of drug-likeness (QED) is 0.457. The van der Waals surface area contributed by atoms with Crippen molar-refractivity contribution in [2.45, 2.75) is 13.5 Å². The highest BCUT2D eigenvalue weighted by molar-refractivity contribution is 7.13. The molecule has 0 saturated carbocycles. The van der Waals surface area contributed by atoms with Crippen LogP contribution in [0.4, 0.5) is 4.39 Å². The summed E-state index contributed by atoms with van der Waals surface area (Å²) in [4.78, 5) is 20.7. The van der Waals surface area contributed by atoms with E-state index in [4.69, 9.17) is 9.26 Å². The Kier molecular flexibility index (Phi) is 4.94. The first-order chi connectivity index (χ1) is 13.6. The SMILES string of the molecule is Cc1ccccc1-c1noc(COC(=O)c2csc(-c3ccc(F)cc3)n2)n1. The summed E-state index contributed by atoms with van der Waals surface area (Å²) in [6, 6.07) is 13.6. The number of ether oxygens (including phenoxy) is 1. The number of hydrogen-bond acceptors (Lipinski definition) is 7. The summed E-state index contributed by atoms with van der Waals surface area (Å²) in [5.41, 5.74) is 2.77. The van der Waals surface area contributed by atoms with Crippen LogP contribution in [-0.2, 0) is 11.3 Å². The highest BCUT2D eigenvalue weighted by Crippen LogP contribution is 2.24. The van der Waals surface area contributed by atoms with Crippen LogP contribution in [-0.4, -0.2) is 21.1 Å². The summed E-state index contributed by atoms with van der Waals surface area (Å²) in [6.07, 6.45) is 0. The number of benzene rings is 2. The molecule has 4 aromatic rings. The molecule has 0 spiro atoms. The number of rotatable bonds is 5. The number of nitrogens with zero attached hydrogens (tertiary/aromatic N) is 3. The molecular weight excluding hydrogens is 381 g/mol. The van der Waals surface area contributed by atoms with Gasteiger partial charge in [0, 0.05) is 16.5 Å². The molecule has 4 rings (SSSR count). The molecule has 0 atom stereocenters. The lowest BCUT2D eigenvalue weighted by molar-refractivity contribution is 0.0424. The van der Waals surface area contributed by atoms with Gasteiger partial charge in [0.15, 0.2) is 12.3 Å². The fourth-order valence-corrected chi connectivity index (χ4v) is 3.34. The zero-order valence-corrected chi connectivity index (χ0v) is 15.6. The Morgan fingerprint density at radius 3 is 2.71 bits per heavy atom. The molecule has 0 N–H and O–H groups in total. The van der Waals surface area contributed by atoms with E-state index in [0.29, 0.717) is 10.8 Å². The topological polar surface area (TPSA) is 78.1 Å². The Morgan fingerprint density at radius 1 is 1.14 bits per heavy atom. The van der Waals surface area contributed by atoms with Gasteiger partial charge in [0.05, 0.1) is 0 Å². The maximum Gasteiger partial charge on any atom is 0.358 e. The van der Waals surface area contributed by atoms with Gasteiger partial charge in [0.25, 0.3) is 5.89 Å². The second-order valence-corrected chi connectivity index (χ2v) is 6.81. The van der Waals surface area contributed by atoms with Gasteiger partial charge in [-0.15, -0.1) is 11.3 Å². The molecular formula is C20H14FN3O3S. The highest BCUT2D eigenvalue weighted by atomic mass is 32.1. The number of carbonyl (C=O) groups excluding carboxylic acids is 1. The molecule has 0 fully saturated rings. The van der Waals surface area contributed by atoms with Gasteiger partial charge < -0.3 is 9.26 Å². The van der Waals surface area contributed by atoms with Crippen molar-refractivity contribution in [1.82, 2.24) is 15.1 Å². The van der Waals surface area contributed by atoms with E-state index in [1.807, 2.05) is 31.2 Å². The second kappa shape index (κ2) is 7.69. The fourth-order valence-electron chi connectivity index (χ4n) is 2.54. The van der Waals surface area contributed by atoms with Crippen molar-refractivity contribution in [3.8, 4) is 22.0 Å². The lowest BCUT2D eigenvalue weighted by Crippen LogP contribution is -2.05. The number of carbonyl (C=O) groups is 1. The molecule has 0 saturated heterocycles. The van der Waals surface area contributed by atoms with Gasteiger partial charge in [0.1, 0.15) is 10.8 Å². The van der Waals surface area contributed by atoms with Crippen LogP contribution in [0.1, 0.15) is 21.9 Å². The number of esters is 1. The third-order valence-electron chi connectivity index (χ3n) is 3.99. The molecule has 2 aromatic carbocycles. The van der Waals surface area contributed by atoms with E-state index in [-0.39, 0.29) is 24.0 Å². The minimum absolute atomic E-state index is 0.152. The van der Waals surface area contributed by atoms with Crippen molar-refractivity contribution in [2.24, 2.45) is 0 Å². The summed E-state index contributed by atoms with van der Waals surface area (Å²) < 4.78 is 23.4. The molecule has 2 heterocycles. The van der Waals surface area contributed by atoms with Crippen molar-refractivity contribution in [1.29, 1.82) is 0 Å². The number of aryl methyl sites for hydroxylation is 1. The number of thiazole rings is 1. The Balaban J connectivity index is 1.41. The first-order valence-electron chi connectivity index (χ1n) is 8.37. The van der Waals surface area contributed by atoms with Crippen LogP contribution < -0.4 is 0 Å². The van der Waals surface area contributed by atoms with Crippen LogP contribution in [0.15, 0.2) is 58.4 Å². The maximum absolute atomic E-state index is 13.0. The molecule has 0 bridgehead atoms. The minimum Gasteiger partial charge on any atom is -0.451 e. The summed E-state index contributed by atoms with van der Waals surface area (Å²) in [5.74, 6) is -0.290. The second-order valence-electron chi connectivity index (χ2n) is 5.95. The third-order valence-corrected chi connectivity index (χ3v) is 4.88. The molecule has 6 nitrogen and oxygen atoms in total. The zero-order chi connectivity index (χ0) is 19.5. The molecule has 0 unspecified atom stereocenters. The predicted molar refractivity (Wildman–Crippen MR) is 101 cm³/mol. The summed E-state index contributed by atoms with van der Waals surface area (Å²) >= 11 is 1.28. The van der Waals surface area contributed by atoms with Crippen molar-refractivity contribution < 1.29 is 18.4 Å². The zero-order valence-electron chi connectivity index (χ0n) is 14.8. The van der Waals surface area contributed by atoms with Crippen molar-refractivity contribution in [2.75, 3.05) is 0 Å². The highest BCUT2D eigenvalue weighted by Gasteiger charge is 2.16. The summed E-state index contributed by atoms with van der Waals surface area (Å²) in [7, 11) is 0. The van der Waals surface area contributed by atoms with Crippen molar-refractivity contribution in [3.63, 3.8) is 0 Å². The number of aromatic nitrogens is 3. The van der Waals surface area contributed by atoms with E-state index in [1.54, 1.807) is 17.5 Å². The van der Waals surface area contributed by atoms with Gasteiger partial charge in [-0.1, -0.05) is 29.4 Å². The largest absolute Gasteiger partial charge is 0.451 e. The van der Waals surface area contributed by atoms with Crippen LogP contribution in [0.3, 0.4) is 0 Å². The van der Waals surface area contributed by atoms with Crippen LogP contribution in [0.2, 0.25) is 0 Å². The van der Waals surface area contributed by atoms with Crippen LogP contribution in [0, 0.1) is 12.7 Å². The standard InChI is InChI=1S/C20H14FN3O3S/c1-12-4-2-3-5-15(12)18-23-17(27-24-18)10-26-20(25)16-11-28-19(22-16)13-6-8-14(21)9-7-13/h2-9,11H,10H2,1H3. The molecule has 8 heteroatoms. The maximum atomic E-state index is 13.0. The van der Waals surface area contributed by atoms with E-state index >= 15 is 0 Å². The Morgan fingerprint density at radius 2 is 1.93 bits per heavy atom. The van der Waals surface area contributed by atoms with Gasteiger partial charge in [0.2, 0.25) is 5.82 Å². The predicted octanol–water partition coefficient (Wildman–Crippen LogP) is 4.66. The van der Waals surface area contributed by atoms with Crippen LogP contribution >= 0.6 is 11.3 Å². The van der Waals surface area contributed by atoms with E-state index in [2.05, 4.69) is 15.1 Å². The van der Waals surface area contributed by atoms with Gasteiger partial charge in [-0.05, 0) is 36.8 Å². The minimum atomic E-state index is -0.597. The smallest absolute Gasteiger partial charge is 0.358 e. The van der Waals surface area contributed by atoms with Gasteiger partial charge >= 0.3 is 5.97 Å². The normalized spacial score (nSPS) is 10.8. The number of halogens is 1. The molecule has 2 aromatic heterocycles. The third kappa shape index (κ3) is 3.81. The Bertz CT molecular complexity index is 1120. The van der Waals surface area contributed by atoms with Crippen molar-refractivity contribution in [3.05, 3.63) is 76.9 Å². The Hall–Kier alpha value is -3.39. The first kappa shape index (κ1) is 18.0. The molecule has 0 amide bonds. The average molecular weight is 395 g/mol. The molecule has 0 aliphatic carbocycles. The molecule has 0 aliphatic rings. The average Bonchev–Trinajstić information content (AvgIpc) is 3.37. The first-order valence-corrected chi connectivity index (χ1v) is 9.25. The van der Waals surface area contributed by atoms with Gasteiger partial charge in [-0.2, -0.15) is 4.98 Å². The molecule has 28 heavy (non-hydrogen) atoms. The lowest BCUT2D eigenvalue weighted by Gasteiger charge is -1.99. The number of hydrogen-bond donors (Lipinski definition) is 0. The lowest BCUT2D eigenvalue weighted by atomic mass is 10.1. The van der Waals surface area contributed by atoms with E-state index in [1.165, 1.54) is 23.5 Å². The Labute approximate surface area is 163 Å².